The predicted octanol–water partition coefficient (Wildman–Crippen LogP) is 5.06. The molecule has 0 aliphatic carbocycles. The molecule has 0 radical (unpaired) electrons. The first-order valence-electron chi connectivity index (χ1n) is 12.8. The monoisotopic (exact) mass is 522 g/mol. The third kappa shape index (κ3) is 5.95. The van der Waals surface area contributed by atoms with E-state index in [0.29, 0.717) is 64.1 Å². The van der Waals surface area contributed by atoms with Gasteiger partial charge in [0, 0.05) is 44.0 Å². The molecule has 1 aromatic rings. The highest BCUT2D eigenvalue weighted by molar-refractivity contribution is 5.71. The van der Waals surface area contributed by atoms with Crippen LogP contribution < -0.4 is 4.90 Å². The number of likely N-dealkylation sites (tertiary alicyclic amines) is 2. The van der Waals surface area contributed by atoms with Crippen molar-refractivity contribution in [3.8, 4) is 0 Å². The Balaban J connectivity index is 1.44. The summed E-state index contributed by atoms with van der Waals surface area (Å²) in [6, 6.07) is 5.66. The molecule has 1 aromatic carbocycles. The number of anilines is 1. The van der Waals surface area contributed by atoms with Crippen LogP contribution in [0.2, 0.25) is 0 Å². The van der Waals surface area contributed by atoms with Gasteiger partial charge in [-0.15, -0.1) is 0 Å². The van der Waals surface area contributed by atoms with E-state index in [2.05, 4.69) is 19.4 Å². The first-order valence-corrected chi connectivity index (χ1v) is 12.8. The van der Waals surface area contributed by atoms with Gasteiger partial charge >= 0.3 is 18.2 Å². The predicted molar refractivity (Wildman–Crippen MR) is 130 cm³/mol. The van der Waals surface area contributed by atoms with E-state index in [9.17, 15) is 27.9 Å². The van der Waals surface area contributed by atoms with E-state index >= 15 is 0 Å². The lowest BCUT2D eigenvalue weighted by Gasteiger charge is -2.45. The maximum absolute atomic E-state index is 12.8. The molecule has 4 rings (SSSR count). The Morgan fingerprint density at radius 2 is 1.84 bits per heavy atom. The minimum Gasteiger partial charge on any atom is -0.481 e. The standard InChI is InChI=1S/C26H33F3N4O4/c1-18(26(27,28)29)37-24(36)32-14-9-25(10-15-32)8-3-11-33(25)17-20-4-5-21(30-2)16-22(20)31-12-6-19(7-13-31)23(34)35/h4-5,16,18-19H,3,6-15,17H2,1H3,(H,34,35). The summed E-state index contributed by atoms with van der Waals surface area (Å²) in [5, 5.41) is 9.35. The smallest absolute Gasteiger partial charge is 0.425 e. The molecular weight excluding hydrogens is 489 g/mol. The highest BCUT2D eigenvalue weighted by Crippen LogP contribution is 2.41. The molecule has 1 spiro atoms. The SMILES string of the molecule is [C-]#[N+]c1ccc(CN2CCCC23CCN(C(=O)OC(C)C(F)(F)F)CC3)c(N2CCC(C(=O)O)CC2)c1. The first kappa shape index (κ1) is 27.0. The van der Waals surface area contributed by atoms with Gasteiger partial charge in [0.25, 0.3) is 0 Å². The van der Waals surface area contributed by atoms with Crippen LogP contribution in [0.15, 0.2) is 18.2 Å². The summed E-state index contributed by atoms with van der Waals surface area (Å²) in [6.07, 6.45) is -3.28. The number of ether oxygens (including phenoxy) is 1. The molecule has 3 heterocycles. The summed E-state index contributed by atoms with van der Waals surface area (Å²) >= 11 is 0. The zero-order chi connectivity index (χ0) is 26.8. The van der Waals surface area contributed by atoms with Crippen LogP contribution in [0, 0.1) is 12.5 Å². The van der Waals surface area contributed by atoms with Crippen molar-refractivity contribution in [2.45, 2.75) is 69.8 Å². The number of benzene rings is 1. The number of carbonyl (C=O) groups is 2. The molecule has 0 bridgehead atoms. The largest absolute Gasteiger partial charge is 0.481 e. The van der Waals surface area contributed by atoms with E-state index in [1.165, 1.54) is 4.90 Å². The summed E-state index contributed by atoms with van der Waals surface area (Å²) in [4.78, 5) is 33.2. The van der Waals surface area contributed by atoms with E-state index in [-0.39, 0.29) is 11.5 Å². The van der Waals surface area contributed by atoms with Crippen molar-refractivity contribution in [2.24, 2.45) is 5.92 Å². The Labute approximate surface area is 214 Å². The Hall–Kier alpha value is -3.00. The number of nitrogens with zero attached hydrogens (tertiary/aromatic N) is 4. The quantitative estimate of drug-likeness (QED) is 0.545. The van der Waals surface area contributed by atoms with Gasteiger partial charge in [-0.2, -0.15) is 13.2 Å². The topological polar surface area (TPSA) is 77.7 Å². The molecule has 0 aromatic heterocycles. The van der Waals surface area contributed by atoms with E-state index in [1.807, 2.05) is 12.1 Å². The highest BCUT2D eigenvalue weighted by Gasteiger charge is 2.45. The number of rotatable bonds is 5. The number of halogens is 3. The summed E-state index contributed by atoms with van der Waals surface area (Å²) in [5.41, 5.74) is 2.43. The lowest BCUT2D eigenvalue weighted by molar-refractivity contribution is -0.200. The summed E-state index contributed by atoms with van der Waals surface area (Å²) in [6.45, 7) is 11.7. The molecule has 0 saturated carbocycles. The van der Waals surface area contributed by atoms with E-state index in [0.717, 1.165) is 37.6 Å². The van der Waals surface area contributed by atoms with E-state index in [1.54, 1.807) is 6.07 Å². The van der Waals surface area contributed by atoms with Gasteiger partial charge < -0.3 is 19.6 Å². The number of hydrogen-bond acceptors (Lipinski definition) is 5. The zero-order valence-electron chi connectivity index (χ0n) is 21.0. The number of amides is 1. The van der Waals surface area contributed by atoms with Crippen molar-refractivity contribution < 1.29 is 32.6 Å². The van der Waals surface area contributed by atoms with Gasteiger partial charge in [0.1, 0.15) is 0 Å². The number of carbonyl (C=O) groups excluding carboxylic acids is 1. The Bertz CT molecular complexity index is 1040. The number of alkyl halides is 3. The van der Waals surface area contributed by atoms with Gasteiger partial charge in [0.05, 0.1) is 12.5 Å². The molecule has 3 aliphatic heterocycles. The van der Waals surface area contributed by atoms with E-state index < -0.39 is 24.3 Å². The summed E-state index contributed by atoms with van der Waals surface area (Å²) in [5.74, 6) is -1.11. The second-order valence-corrected chi connectivity index (χ2v) is 10.3. The number of piperidine rings is 2. The lowest BCUT2D eigenvalue weighted by Crippen LogP contribution is -2.53. The van der Waals surface area contributed by atoms with Crippen molar-refractivity contribution in [1.82, 2.24) is 9.80 Å². The fourth-order valence-corrected chi connectivity index (χ4v) is 5.83. The summed E-state index contributed by atoms with van der Waals surface area (Å²) < 4.78 is 43.0. The first-order chi connectivity index (χ1) is 17.5. The molecule has 202 valence electrons. The molecule has 11 heteroatoms. The molecule has 1 unspecified atom stereocenters. The van der Waals surface area contributed by atoms with Gasteiger partial charge in [-0.3, -0.25) is 9.69 Å². The number of aliphatic carboxylic acids is 1. The van der Waals surface area contributed by atoms with Crippen LogP contribution in [0.4, 0.5) is 29.3 Å². The minimum absolute atomic E-state index is 0.140. The molecule has 3 saturated heterocycles. The van der Waals surface area contributed by atoms with Crippen LogP contribution in [0.25, 0.3) is 4.85 Å². The van der Waals surface area contributed by atoms with Crippen LogP contribution in [0.1, 0.15) is 51.0 Å². The average molecular weight is 523 g/mol. The van der Waals surface area contributed by atoms with Crippen molar-refractivity contribution in [1.29, 1.82) is 0 Å². The molecule has 1 N–H and O–H groups in total. The fraction of sp³-hybridized carbons (Fsp3) is 0.654. The Kier molecular flexibility index (Phi) is 7.88. The molecule has 3 fully saturated rings. The number of carboxylic acids is 1. The van der Waals surface area contributed by atoms with Crippen LogP contribution in [-0.2, 0) is 16.1 Å². The molecule has 1 atom stereocenters. The van der Waals surface area contributed by atoms with Crippen LogP contribution in [-0.4, -0.2) is 77.5 Å². The molecule has 1 amide bonds. The third-order valence-electron chi connectivity index (χ3n) is 8.18. The lowest BCUT2D eigenvalue weighted by atomic mass is 9.84. The van der Waals surface area contributed by atoms with Crippen LogP contribution in [0.3, 0.4) is 0 Å². The Morgan fingerprint density at radius 3 is 2.43 bits per heavy atom. The van der Waals surface area contributed by atoms with Crippen molar-refractivity contribution in [3.63, 3.8) is 0 Å². The van der Waals surface area contributed by atoms with Crippen LogP contribution in [0.5, 0.6) is 0 Å². The summed E-state index contributed by atoms with van der Waals surface area (Å²) in [7, 11) is 0. The normalized spacial score (nSPS) is 21.6. The molecular formula is C26H33F3N4O4. The average Bonchev–Trinajstić information content (AvgIpc) is 3.25. The molecule has 8 nitrogen and oxygen atoms in total. The minimum atomic E-state index is -4.59. The number of hydrogen-bond donors (Lipinski definition) is 1. The van der Waals surface area contributed by atoms with Gasteiger partial charge in [-0.1, -0.05) is 12.1 Å². The molecule has 3 aliphatic rings. The zero-order valence-corrected chi connectivity index (χ0v) is 21.0. The Morgan fingerprint density at radius 1 is 1.16 bits per heavy atom. The second kappa shape index (κ2) is 10.8. The molecule has 37 heavy (non-hydrogen) atoms. The third-order valence-corrected chi connectivity index (χ3v) is 8.18. The van der Waals surface area contributed by atoms with Crippen LogP contribution >= 0.6 is 0 Å². The second-order valence-electron chi connectivity index (χ2n) is 10.3. The van der Waals surface area contributed by atoms with Gasteiger partial charge in [-0.25, -0.2) is 9.64 Å². The van der Waals surface area contributed by atoms with Crippen molar-refractivity contribution >= 4 is 23.4 Å². The maximum Gasteiger partial charge on any atom is 0.425 e. The van der Waals surface area contributed by atoms with Crippen molar-refractivity contribution in [3.05, 3.63) is 35.2 Å². The van der Waals surface area contributed by atoms with Crippen molar-refractivity contribution in [2.75, 3.05) is 37.6 Å². The van der Waals surface area contributed by atoms with Gasteiger partial charge in [-0.05, 0) is 63.6 Å². The fourth-order valence-electron chi connectivity index (χ4n) is 5.83. The number of carboxylic acid groups (broad SMARTS) is 1. The van der Waals surface area contributed by atoms with Gasteiger partial charge in [0.15, 0.2) is 11.8 Å². The van der Waals surface area contributed by atoms with E-state index in [4.69, 9.17) is 6.57 Å². The van der Waals surface area contributed by atoms with Gasteiger partial charge in [0.2, 0.25) is 0 Å². The maximum atomic E-state index is 12.8. The highest BCUT2D eigenvalue weighted by atomic mass is 19.4.